The van der Waals surface area contributed by atoms with E-state index in [-0.39, 0.29) is 0 Å². The molecule has 6 rings (SSSR count). The maximum Gasteiger partial charge on any atom is 0.179 e. The minimum Gasteiger partial charge on any atom is -0.368 e. The molecule has 1 aromatic carbocycles. The summed E-state index contributed by atoms with van der Waals surface area (Å²) in [6.07, 6.45) is 7.92. The van der Waals surface area contributed by atoms with Crippen LogP contribution in [0.2, 0.25) is 0 Å². The quantitative estimate of drug-likeness (QED) is 0.481. The van der Waals surface area contributed by atoms with Crippen molar-refractivity contribution in [3.8, 4) is 0 Å². The smallest absolute Gasteiger partial charge is 0.179 e. The van der Waals surface area contributed by atoms with Crippen LogP contribution in [-0.4, -0.2) is 55.5 Å². The second-order valence-electron chi connectivity index (χ2n) is 8.94. The highest BCUT2D eigenvalue weighted by Crippen LogP contribution is 2.38. The summed E-state index contributed by atoms with van der Waals surface area (Å²) < 4.78 is 4.33. The largest absolute Gasteiger partial charge is 0.368 e. The molecular formula is C24H29N7. The third-order valence-electron chi connectivity index (χ3n) is 6.68. The summed E-state index contributed by atoms with van der Waals surface area (Å²) in [4.78, 5) is 5.00. The lowest BCUT2D eigenvalue weighted by Crippen LogP contribution is -2.46. The third kappa shape index (κ3) is 3.47. The van der Waals surface area contributed by atoms with E-state index in [4.69, 9.17) is 0 Å². The van der Waals surface area contributed by atoms with Crippen molar-refractivity contribution in [1.29, 1.82) is 0 Å². The van der Waals surface area contributed by atoms with Gasteiger partial charge in [0.1, 0.15) is 0 Å². The molecule has 2 aliphatic rings. The Morgan fingerprint density at radius 2 is 1.87 bits per heavy atom. The lowest BCUT2D eigenvalue weighted by Gasteiger charge is -2.35. The Labute approximate surface area is 182 Å². The summed E-state index contributed by atoms with van der Waals surface area (Å²) in [6, 6.07) is 10.9. The van der Waals surface area contributed by atoms with Crippen molar-refractivity contribution in [3.05, 3.63) is 54.1 Å². The lowest BCUT2D eigenvalue weighted by atomic mass is 10.1. The van der Waals surface area contributed by atoms with Crippen LogP contribution in [0.15, 0.2) is 42.7 Å². The van der Waals surface area contributed by atoms with E-state index >= 15 is 0 Å². The average molecular weight is 416 g/mol. The summed E-state index contributed by atoms with van der Waals surface area (Å²) in [6.45, 7) is 8.46. The molecule has 0 N–H and O–H groups in total. The van der Waals surface area contributed by atoms with Crippen LogP contribution in [0.5, 0.6) is 0 Å². The fraction of sp³-hybridized carbons (Fsp3) is 0.458. The van der Waals surface area contributed by atoms with Gasteiger partial charge in [0.25, 0.3) is 0 Å². The first-order valence-electron chi connectivity index (χ1n) is 11.6. The van der Waals surface area contributed by atoms with Crippen molar-refractivity contribution in [3.63, 3.8) is 0 Å². The molecule has 1 aliphatic carbocycles. The molecule has 3 aromatic heterocycles. The highest BCUT2D eigenvalue weighted by atomic mass is 15.4. The molecule has 7 heteroatoms. The van der Waals surface area contributed by atoms with E-state index in [0.717, 1.165) is 62.8 Å². The van der Waals surface area contributed by atoms with Gasteiger partial charge in [-0.2, -0.15) is 9.61 Å². The van der Waals surface area contributed by atoms with E-state index in [1.165, 1.54) is 29.3 Å². The highest BCUT2D eigenvalue weighted by Gasteiger charge is 2.29. The average Bonchev–Trinajstić information content (AvgIpc) is 3.48. The Bertz CT molecular complexity index is 1210. The zero-order chi connectivity index (χ0) is 20.8. The maximum absolute atomic E-state index is 4.65. The van der Waals surface area contributed by atoms with Gasteiger partial charge in [-0.15, -0.1) is 10.2 Å². The van der Waals surface area contributed by atoms with Crippen LogP contribution < -0.4 is 4.90 Å². The molecule has 0 radical (unpaired) electrons. The number of hydrogen-bond acceptors (Lipinski definition) is 5. The van der Waals surface area contributed by atoms with E-state index in [2.05, 4.69) is 73.1 Å². The molecule has 0 bridgehead atoms. The zero-order valence-corrected chi connectivity index (χ0v) is 18.1. The molecular weight excluding hydrogens is 386 g/mol. The number of nitrogens with zero attached hydrogens (tertiary/aromatic N) is 7. The third-order valence-corrected chi connectivity index (χ3v) is 6.68. The first-order chi connectivity index (χ1) is 15.3. The number of rotatable bonds is 6. The number of hydrogen-bond donors (Lipinski definition) is 0. The van der Waals surface area contributed by atoms with Gasteiger partial charge in [0.15, 0.2) is 11.5 Å². The standard InChI is InChI=1S/C24H29N7/c1-2-9-30-17-19(21-5-3-4-6-22(21)30)16-28-10-12-29(13-11-28)20-14-23-26-27-24(18-7-8-18)31(23)25-15-20/h3-6,14-15,17-18H,2,7-13,16H2,1H3. The Balaban J connectivity index is 1.15. The van der Waals surface area contributed by atoms with Gasteiger partial charge < -0.3 is 9.47 Å². The lowest BCUT2D eigenvalue weighted by molar-refractivity contribution is 0.250. The predicted octanol–water partition coefficient (Wildman–Crippen LogP) is 3.69. The van der Waals surface area contributed by atoms with Gasteiger partial charge in [0, 0.05) is 68.4 Å². The number of fused-ring (bicyclic) bond motifs is 2. The highest BCUT2D eigenvalue weighted by molar-refractivity contribution is 5.83. The molecule has 160 valence electrons. The molecule has 4 heterocycles. The Morgan fingerprint density at radius 3 is 2.68 bits per heavy atom. The van der Waals surface area contributed by atoms with Crippen molar-refractivity contribution in [2.45, 2.75) is 45.2 Å². The van der Waals surface area contributed by atoms with Gasteiger partial charge in [0.2, 0.25) is 0 Å². The first kappa shape index (κ1) is 18.8. The van der Waals surface area contributed by atoms with E-state index in [1.54, 1.807) is 0 Å². The monoisotopic (exact) mass is 415 g/mol. The number of anilines is 1. The van der Waals surface area contributed by atoms with Crippen LogP contribution in [0.3, 0.4) is 0 Å². The van der Waals surface area contributed by atoms with E-state index in [0.29, 0.717) is 5.92 Å². The normalized spacial score (nSPS) is 17.8. The number of benzene rings is 1. The van der Waals surface area contributed by atoms with Gasteiger partial charge in [-0.05, 0) is 30.9 Å². The molecule has 0 amide bonds. The zero-order valence-electron chi connectivity index (χ0n) is 18.1. The van der Waals surface area contributed by atoms with Gasteiger partial charge in [-0.1, -0.05) is 25.1 Å². The fourth-order valence-corrected chi connectivity index (χ4v) is 4.85. The molecule has 4 aromatic rings. The second kappa shape index (κ2) is 7.64. The molecule has 1 saturated carbocycles. The maximum atomic E-state index is 4.65. The minimum absolute atomic E-state index is 0.556. The molecule has 1 aliphatic heterocycles. The van der Waals surface area contributed by atoms with Crippen LogP contribution >= 0.6 is 0 Å². The van der Waals surface area contributed by atoms with Crippen LogP contribution in [0, 0.1) is 0 Å². The van der Waals surface area contributed by atoms with Crippen LogP contribution in [0.25, 0.3) is 16.6 Å². The second-order valence-corrected chi connectivity index (χ2v) is 8.94. The van der Waals surface area contributed by atoms with Crippen LogP contribution in [-0.2, 0) is 13.1 Å². The number of para-hydroxylation sites is 1. The Kier molecular flexibility index (Phi) is 4.64. The SMILES string of the molecule is CCCn1cc(CN2CCN(c3cnn4c(C5CC5)nnc4c3)CC2)c2ccccc21. The van der Waals surface area contributed by atoms with Crippen molar-refractivity contribution >= 4 is 22.2 Å². The number of piperazine rings is 1. The number of aromatic nitrogens is 5. The topological polar surface area (TPSA) is 54.5 Å². The van der Waals surface area contributed by atoms with Crippen molar-refractivity contribution in [1.82, 2.24) is 29.3 Å². The Morgan fingerprint density at radius 1 is 1.03 bits per heavy atom. The minimum atomic E-state index is 0.556. The molecule has 0 atom stereocenters. The van der Waals surface area contributed by atoms with E-state index in [9.17, 15) is 0 Å². The van der Waals surface area contributed by atoms with E-state index in [1.807, 2.05) is 10.7 Å². The molecule has 1 saturated heterocycles. The predicted molar refractivity (Wildman–Crippen MR) is 122 cm³/mol. The summed E-state index contributed by atoms with van der Waals surface area (Å²) in [7, 11) is 0. The summed E-state index contributed by atoms with van der Waals surface area (Å²) in [5, 5.41) is 14.8. The van der Waals surface area contributed by atoms with Crippen molar-refractivity contribution in [2.75, 3.05) is 31.1 Å². The molecule has 31 heavy (non-hydrogen) atoms. The van der Waals surface area contributed by atoms with Crippen molar-refractivity contribution in [2.24, 2.45) is 0 Å². The summed E-state index contributed by atoms with van der Waals surface area (Å²) >= 11 is 0. The fourth-order valence-electron chi connectivity index (χ4n) is 4.85. The van der Waals surface area contributed by atoms with Crippen molar-refractivity contribution < 1.29 is 0 Å². The van der Waals surface area contributed by atoms with Gasteiger partial charge in [0.05, 0.1) is 11.9 Å². The summed E-state index contributed by atoms with van der Waals surface area (Å²) in [5.41, 5.74) is 4.82. The van der Waals surface area contributed by atoms with Gasteiger partial charge in [-0.3, -0.25) is 4.90 Å². The molecule has 2 fully saturated rings. The van der Waals surface area contributed by atoms with Crippen LogP contribution in [0.1, 0.15) is 43.5 Å². The number of aryl methyl sites for hydroxylation is 1. The Hall–Kier alpha value is -2.93. The van der Waals surface area contributed by atoms with Gasteiger partial charge >= 0.3 is 0 Å². The molecule has 7 nitrogen and oxygen atoms in total. The van der Waals surface area contributed by atoms with Gasteiger partial charge in [-0.25, -0.2) is 0 Å². The molecule has 0 unspecified atom stereocenters. The molecule has 0 spiro atoms. The first-order valence-corrected chi connectivity index (χ1v) is 11.6. The van der Waals surface area contributed by atoms with Crippen LogP contribution in [0.4, 0.5) is 5.69 Å². The summed E-state index contributed by atoms with van der Waals surface area (Å²) in [5.74, 6) is 1.58. The van der Waals surface area contributed by atoms with E-state index < -0.39 is 0 Å².